The molecule has 0 fully saturated rings. The number of pyridine rings is 1. The van der Waals surface area contributed by atoms with Gasteiger partial charge in [0.15, 0.2) is 0 Å². The van der Waals surface area contributed by atoms with E-state index in [2.05, 4.69) is 41.4 Å². The average molecular weight is 250 g/mol. The van der Waals surface area contributed by atoms with Crippen molar-refractivity contribution >= 4 is 11.7 Å². The Morgan fingerprint density at radius 2 is 2.11 bits per heavy atom. The van der Waals surface area contributed by atoms with Crippen LogP contribution in [0.25, 0.3) is 0 Å². The fraction of sp³-hybridized carbons (Fsp3) is 0.538. The zero-order valence-corrected chi connectivity index (χ0v) is 11.3. The molecule has 1 rings (SSSR count). The number of amides is 2. The zero-order chi connectivity index (χ0) is 13.4. The predicted octanol–water partition coefficient (Wildman–Crippen LogP) is 1.93. The summed E-state index contributed by atoms with van der Waals surface area (Å²) < 4.78 is 0. The molecule has 100 valence electrons. The number of likely N-dealkylation sites (N-methyl/N-ethyl adjacent to an activating group) is 1. The SMILES string of the molecule is CC[C@@H](C)N(C)CCNC(=O)Nc1ccncc1. The third kappa shape index (κ3) is 5.14. The largest absolute Gasteiger partial charge is 0.337 e. The summed E-state index contributed by atoms with van der Waals surface area (Å²) in [7, 11) is 2.07. The fourth-order valence-electron chi connectivity index (χ4n) is 1.49. The highest BCUT2D eigenvalue weighted by atomic mass is 16.2. The summed E-state index contributed by atoms with van der Waals surface area (Å²) in [6.07, 6.45) is 4.40. The van der Waals surface area contributed by atoms with Gasteiger partial charge in [-0.05, 0) is 32.5 Å². The van der Waals surface area contributed by atoms with Crippen molar-refractivity contribution in [2.24, 2.45) is 0 Å². The summed E-state index contributed by atoms with van der Waals surface area (Å²) >= 11 is 0. The second-order valence-electron chi connectivity index (χ2n) is 4.35. The number of hydrogen-bond acceptors (Lipinski definition) is 3. The Hall–Kier alpha value is -1.62. The Labute approximate surface area is 109 Å². The van der Waals surface area contributed by atoms with E-state index in [9.17, 15) is 4.79 Å². The van der Waals surface area contributed by atoms with E-state index in [1.54, 1.807) is 24.5 Å². The van der Waals surface area contributed by atoms with Crippen LogP contribution in [0.2, 0.25) is 0 Å². The lowest BCUT2D eigenvalue weighted by molar-refractivity contribution is 0.238. The van der Waals surface area contributed by atoms with E-state index < -0.39 is 0 Å². The van der Waals surface area contributed by atoms with Crippen molar-refractivity contribution in [3.63, 3.8) is 0 Å². The van der Waals surface area contributed by atoms with Gasteiger partial charge in [-0.25, -0.2) is 4.79 Å². The van der Waals surface area contributed by atoms with Crippen molar-refractivity contribution in [1.82, 2.24) is 15.2 Å². The van der Waals surface area contributed by atoms with Crippen LogP contribution in [0.1, 0.15) is 20.3 Å². The van der Waals surface area contributed by atoms with Gasteiger partial charge in [-0.3, -0.25) is 4.98 Å². The molecular formula is C13H22N4O. The topological polar surface area (TPSA) is 57.3 Å². The molecule has 1 heterocycles. The minimum Gasteiger partial charge on any atom is -0.337 e. The maximum absolute atomic E-state index is 11.6. The molecule has 0 aliphatic rings. The summed E-state index contributed by atoms with van der Waals surface area (Å²) in [6, 6.07) is 3.87. The molecule has 2 N–H and O–H groups in total. The number of aromatic nitrogens is 1. The predicted molar refractivity (Wildman–Crippen MR) is 73.6 cm³/mol. The molecule has 0 aliphatic carbocycles. The molecular weight excluding hydrogens is 228 g/mol. The number of urea groups is 1. The number of carbonyl (C=O) groups excluding carboxylic acids is 1. The lowest BCUT2D eigenvalue weighted by Gasteiger charge is -2.23. The van der Waals surface area contributed by atoms with Gasteiger partial charge in [0.25, 0.3) is 0 Å². The van der Waals surface area contributed by atoms with Crippen molar-refractivity contribution in [2.75, 3.05) is 25.5 Å². The van der Waals surface area contributed by atoms with Crippen LogP contribution in [0.15, 0.2) is 24.5 Å². The molecule has 2 amide bonds. The quantitative estimate of drug-likeness (QED) is 0.811. The highest BCUT2D eigenvalue weighted by Crippen LogP contribution is 2.02. The standard InChI is InChI=1S/C13H22N4O/c1-4-11(2)17(3)10-9-15-13(18)16-12-5-7-14-8-6-12/h5-8,11H,4,9-10H2,1-3H3,(H2,14,15,16,18)/t11-/m1/s1. The Morgan fingerprint density at radius 3 is 2.72 bits per heavy atom. The summed E-state index contributed by atoms with van der Waals surface area (Å²) in [5, 5.41) is 5.58. The molecule has 0 bridgehead atoms. The molecule has 0 spiro atoms. The molecule has 0 unspecified atom stereocenters. The summed E-state index contributed by atoms with van der Waals surface area (Å²) in [4.78, 5) is 17.7. The smallest absolute Gasteiger partial charge is 0.319 e. The van der Waals surface area contributed by atoms with E-state index in [0.717, 1.165) is 18.7 Å². The van der Waals surface area contributed by atoms with Gasteiger partial charge in [0, 0.05) is 37.2 Å². The Kier molecular flexibility index (Phi) is 6.14. The first-order valence-electron chi connectivity index (χ1n) is 6.28. The number of rotatable bonds is 6. The van der Waals surface area contributed by atoms with Crippen LogP contribution in [-0.4, -0.2) is 42.1 Å². The fourth-order valence-corrected chi connectivity index (χ4v) is 1.49. The zero-order valence-electron chi connectivity index (χ0n) is 11.3. The average Bonchev–Trinajstić information content (AvgIpc) is 2.38. The Morgan fingerprint density at radius 1 is 1.44 bits per heavy atom. The van der Waals surface area contributed by atoms with Crippen LogP contribution in [0.3, 0.4) is 0 Å². The van der Waals surface area contributed by atoms with Gasteiger partial charge in [-0.2, -0.15) is 0 Å². The van der Waals surface area contributed by atoms with E-state index in [1.165, 1.54) is 0 Å². The van der Waals surface area contributed by atoms with Crippen LogP contribution in [0.5, 0.6) is 0 Å². The van der Waals surface area contributed by atoms with Crippen molar-refractivity contribution < 1.29 is 4.79 Å². The van der Waals surface area contributed by atoms with E-state index in [4.69, 9.17) is 0 Å². The van der Waals surface area contributed by atoms with Crippen LogP contribution in [0.4, 0.5) is 10.5 Å². The third-order valence-corrected chi connectivity index (χ3v) is 3.03. The summed E-state index contributed by atoms with van der Waals surface area (Å²) in [5.74, 6) is 0. The van der Waals surface area contributed by atoms with Crippen LogP contribution < -0.4 is 10.6 Å². The monoisotopic (exact) mass is 250 g/mol. The highest BCUT2D eigenvalue weighted by molar-refractivity contribution is 5.88. The van der Waals surface area contributed by atoms with Crippen LogP contribution >= 0.6 is 0 Å². The first-order valence-corrected chi connectivity index (χ1v) is 6.28. The molecule has 0 aromatic carbocycles. The number of carbonyl (C=O) groups is 1. The molecule has 0 saturated carbocycles. The molecule has 0 radical (unpaired) electrons. The third-order valence-electron chi connectivity index (χ3n) is 3.03. The number of nitrogens with zero attached hydrogens (tertiary/aromatic N) is 2. The van der Waals surface area contributed by atoms with Crippen LogP contribution in [0, 0.1) is 0 Å². The van der Waals surface area contributed by atoms with Gasteiger partial charge < -0.3 is 15.5 Å². The number of hydrogen-bond donors (Lipinski definition) is 2. The maximum Gasteiger partial charge on any atom is 0.319 e. The van der Waals surface area contributed by atoms with Gasteiger partial charge in [-0.15, -0.1) is 0 Å². The number of nitrogens with one attached hydrogen (secondary N) is 2. The lowest BCUT2D eigenvalue weighted by Crippen LogP contribution is -2.38. The van der Waals surface area contributed by atoms with Crippen molar-refractivity contribution in [3.8, 4) is 0 Å². The molecule has 0 saturated heterocycles. The molecule has 1 aromatic rings. The van der Waals surface area contributed by atoms with Gasteiger partial charge in [-0.1, -0.05) is 6.92 Å². The van der Waals surface area contributed by atoms with Gasteiger partial charge in [0.2, 0.25) is 0 Å². The van der Waals surface area contributed by atoms with E-state index >= 15 is 0 Å². The van der Waals surface area contributed by atoms with Crippen molar-refractivity contribution in [1.29, 1.82) is 0 Å². The first kappa shape index (κ1) is 14.4. The minimum absolute atomic E-state index is 0.182. The molecule has 0 aliphatic heterocycles. The van der Waals surface area contributed by atoms with Crippen molar-refractivity contribution in [2.45, 2.75) is 26.3 Å². The second-order valence-corrected chi connectivity index (χ2v) is 4.35. The van der Waals surface area contributed by atoms with E-state index in [0.29, 0.717) is 12.6 Å². The maximum atomic E-state index is 11.6. The van der Waals surface area contributed by atoms with Crippen molar-refractivity contribution in [3.05, 3.63) is 24.5 Å². The molecule has 5 heteroatoms. The van der Waals surface area contributed by atoms with Gasteiger partial charge in [0.1, 0.15) is 0 Å². The Bertz CT molecular complexity index is 355. The minimum atomic E-state index is -0.182. The normalized spacial score (nSPS) is 12.2. The molecule has 1 aromatic heterocycles. The highest BCUT2D eigenvalue weighted by Gasteiger charge is 2.06. The molecule has 5 nitrogen and oxygen atoms in total. The molecule has 18 heavy (non-hydrogen) atoms. The second kappa shape index (κ2) is 7.66. The summed E-state index contributed by atoms with van der Waals surface area (Å²) in [5.41, 5.74) is 0.748. The van der Waals surface area contributed by atoms with Crippen LogP contribution in [-0.2, 0) is 0 Å². The lowest BCUT2D eigenvalue weighted by atomic mass is 10.2. The summed E-state index contributed by atoms with van der Waals surface area (Å²) in [6.45, 7) is 5.82. The Balaban J connectivity index is 2.22. The van der Waals surface area contributed by atoms with E-state index in [1.807, 2.05) is 0 Å². The first-order chi connectivity index (χ1) is 8.63. The van der Waals surface area contributed by atoms with E-state index in [-0.39, 0.29) is 6.03 Å². The number of anilines is 1. The molecule has 1 atom stereocenters. The van der Waals surface area contributed by atoms with Gasteiger partial charge in [0.05, 0.1) is 0 Å². The van der Waals surface area contributed by atoms with Gasteiger partial charge >= 0.3 is 6.03 Å².